The van der Waals surface area contributed by atoms with Gasteiger partial charge in [0.15, 0.2) is 0 Å². The smallest absolute Gasteiger partial charge is 0.133 e. The van der Waals surface area contributed by atoms with Crippen LogP contribution in [0.5, 0.6) is 5.75 Å². The van der Waals surface area contributed by atoms with Gasteiger partial charge in [0.2, 0.25) is 0 Å². The minimum atomic E-state index is 0.394. The maximum atomic E-state index is 9.61. The van der Waals surface area contributed by atoms with Crippen molar-refractivity contribution in [2.45, 2.75) is 11.8 Å². The first-order chi connectivity index (χ1) is 6.22. The molecule has 0 saturated carbocycles. The van der Waals surface area contributed by atoms with Gasteiger partial charge in [-0.1, -0.05) is 0 Å². The average molecular weight is 210 g/mol. The monoisotopic (exact) mass is 210 g/mol. The zero-order chi connectivity index (χ0) is 9.42. The molecule has 0 spiro atoms. The standard InChI is InChI=1S/C10H10OS2/c1-6-5-7-9(12-2)4-3-8(11)10(7)13-6/h3-5,11H,1-2H3. The lowest BCUT2D eigenvalue weighted by Crippen LogP contribution is -1.71. The third-order valence-corrected chi connectivity index (χ3v) is 3.83. The number of thioether (sulfide) groups is 1. The zero-order valence-electron chi connectivity index (χ0n) is 7.50. The van der Waals surface area contributed by atoms with Gasteiger partial charge in [0.25, 0.3) is 0 Å². The van der Waals surface area contributed by atoms with Crippen LogP contribution in [0.15, 0.2) is 23.1 Å². The highest BCUT2D eigenvalue weighted by atomic mass is 32.2. The quantitative estimate of drug-likeness (QED) is 0.725. The predicted octanol–water partition coefficient (Wildman–Crippen LogP) is 3.64. The Hall–Kier alpha value is -0.670. The van der Waals surface area contributed by atoms with Gasteiger partial charge in [-0.15, -0.1) is 23.1 Å². The molecule has 0 amide bonds. The van der Waals surface area contributed by atoms with Crippen molar-refractivity contribution in [2.24, 2.45) is 0 Å². The molecule has 1 heterocycles. The predicted molar refractivity (Wildman–Crippen MR) is 60.0 cm³/mol. The number of hydrogen-bond donors (Lipinski definition) is 1. The first kappa shape index (κ1) is 8.91. The molecule has 1 aromatic heterocycles. The number of aromatic hydroxyl groups is 1. The van der Waals surface area contributed by atoms with Gasteiger partial charge in [-0.05, 0) is 31.4 Å². The summed E-state index contributed by atoms with van der Waals surface area (Å²) in [4.78, 5) is 2.48. The summed E-state index contributed by atoms with van der Waals surface area (Å²) in [6, 6.07) is 5.87. The molecular formula is C10H10OS2. The molecule has 0 aliphatic carbocycles. The Balaban J connectivity index is 2.83. The fourth-order valence-electron chi connectivity index (χ4n) is 1.39. The van der Waals surface area contributed by atoms with E-state index in [9.17, 15) is 5.11 Å². The van der Waals surface area contributed by atoms with Gasteiger partial charge in [-0.3, -0.25) is 0 Å². The highest BCUT2D eigenvalue weighted by Crippen LogP contribution is 2.37. The lowest BCUT2D eigenvalue weighted by atomic mass is 10.2. The van der Waals surface area contributed by atoms with Crippen LogP contribution in [-0.2, 0) is 0 Å². The fourth-order valence-corrected chi connectivity index (χ4v) is 2.99. The van der Waals surface area contributed by atoms with Crippen molar-refractivity contribution in [3.8, 4) is 5.75 Å². The fraction of sp³-hybridized carbons (Fsp3) is 0.200. The zero-order valence-corrected chi connectivity index (χ0v) is 9.13. The molecule has 0 unspecified atom stereocenters. The van der Waals surface area contributed by atoms with Crippen LogP contribution in [0.2, 0.25) is 0 Å². The number of thiophene rings is 1. The summed E-state index contributed by atoms with van der Waals surface area (Å²) in [6.45, 7) is 2.06. The summed E-state index contributed by atoms with van der Waals surface area (Å²) < 4.78 is 1.00. The molecule has 2 rings (SSSR count). The topological polar surface area (TPSA) is 20.2 Å². The first-order valence-electron chi connectivity index (χ1n) is 3.98. The van der Waals surface area contributed by atoms with Crippen LogP contribution in [0.3, 0.4) is 0 Å². The van der Waals surface area contributed by atoms with E-state index in [2.05, 4.69) is 19.2 Å². The number of hydrogen-bond acceptors (Lipinski definition) is 3. The van der Waals surface area contributed by atoms with E-state index in [1.54, 1.807) is 29.2 Å². The number of benzene rings is 1. The highest BCUT2D eigenvalue weighted by Gasteiger charge is 2.07. The maximum absolute atomic E-state index is 9.61. The maximum Gasteiger partial charge on any atom is 0.133 e. The van der Waals surface area contributed by atoms with Crippen LogP contribution in [0.25, 0.3) is 10.1 Å². The Morgan fingerprint density at radius 3 is 2.85 bits per heavy atom. The second-order valence-corrected chi connectivity index (χ2v) is 4.99. The van der Waals surface area contributed by atoms with Crippen LogP contribution < -0.4 is 0 Å². The second kappa shape index (κ2) is 3.24. The molecule has 68 valence electrons. The number of aryl methyl sites for hydroxylation is 1. The van der Waals surface area contributed by atoms with E-state index in [0.29, 0.717) is 5.75 Å². The van der Waals surface area contributed by atoms with Gasteiger partial charge in [0, 0.05) is 15.2 Å². The Kier molecular flexibility index (Phi) is 2.22. The van der Waals surface area contributed by atoms with Crippen LogP contribution in [0.1, 0.15) is 4.88 Å². The minimum Gasteiger partial charge on any atom is -0.506 e. The van der Waals surface area contributed by atoms with Crippen molar-refractivity contribution in [1.82, 2.24) is 0 Å². The molecular weight excluding hydrogens is 200 g/mol. The van der Waals surface area contributed by atoms with Crippen LogP contribution >= 0.6 is 23.1 Å². The molecule has 0 bridgehead atoms. The van der Waals surface area contributed by atoms with E-state index >= 15 is 0 Å². The van der Waals surface area contributed by atoms with Crippen molar-refractivity contribution in [1.29, 1.82) is 0 Å². The van der Waals surface area contributed by atoms with Crippen molar-refractivity contribution >= 4 is 33.2 Å². The molecule has 0 fully saturated rings. The SMILES string of the molecule is CSc1ccc(O)c2sc(C)cc12. The Morgan fingerprint density at radius 2 is 2.15 bits per heavy atom. The van der Waals surface area contributed by atoms with Gasteiger partial charge < -0.3 is 5.11 Å². The summed E-state index contributed by atoms with van der Waals surface area (Å²) in [5, 5.41) is 10.8. The van der Waals surface area contributed by atoms with E-state index in [4.69, 9.17) is 0 Å². The van der Waals surface area contributed by atoms with Gasteiger partial charge in [0.05, 0.1) is 4.70 Å². The summed E-state index contributed by atoms with van der Waals surface area (Å²) in [5.74, 6) is 0.394. The van der Waals surface area contributed by atoms with Gasteiger partial charge in [-0.25, -0.2) is 0 Å². The van der Waals surface area contributed by atoms with E-state index < -0.39 is 0 Å². The third kappa shape index (κ3) is 1.42. The lowest BCUT2D eigenvalue weighted by Gasteiger charge is -1.99. The Morgan fingerprint density at radius 1 is 1.38 bits per heavy atom. The van der Waals surface area contributed by atoms with Gasteiger partial charge in [-0.2, -0.15) is 0 Å². The van der Waals surface area contributed by atoms with E-state index in [-0.39, 0.29) is 0 Å². The summed E-state index contributed by atoms with van der Waals surface area (Å²) in [6.07, 6.45) is 2.05. The lowest BCUT2D eigenvalue weighted by molar-refractivity contribution is 0.482. The first-order valence-corrected chi connectivity index (χ1v) is 6.02. The van der Waals surface area contributed by atoms with Gasteiger partial charge in [0.1, 0.15) is 5.75 Å². The van der Waals surface area contributed by atoms with Crippen molar-refractivity contribution in [3.05, 3.63) is 23.1 Å². The van der Waals surface area contributed by atoms with Crippen molar-refractivity contribution < 1.29 is 5.11 Å². The molecule has 0 aliphatic heterocycles. The van der Waals surface area contributed by atoms with Gasteiger partial charge >= 0.3 is 0 Å². The molecule has 3 heteroatoms. The molecule has 1 aromatic carbocycles. The highest BCUT2D eigenvalue weighted by molar-refractivity contribution is 7.98. The average Bonchev–Trinajstić information content (AvgIpc) is 2.48. The second-order valence-electron chi connectivity index (χ2n) is 2.89. The van der Waals surface area contributed by atoms with E-state index in [0.717, 1.165) is 4.70 Å². The van der Waals surface area contributed by atoms with Crippen LogP contribution in [-0.4, -0.2) is 11.4 Å². The van der Waals surface area contributed by atoms with E-state index in [1.165, 1.54) is 15.2 Å². The Bertz CT molecular complexity index is 445. The number of phenolic OH excluding ortho intramolecular Hbond substituents is 1. The molecule has 0 radical (unpaired) electrons. The molecule has 1 nitrogen and oxygen atoms in total. The largest absolute Gasteiger partial charge is 0.506 e. The van der Waals surface area contributed by atoms with Crippen molar-refractivity contribution in [3.63, 3.8) is 0 Å². The van der Waals surface area contributed by atoms with Crippen LogP contribution in [0.4, 0.5) is 0 Å². The number of rotatable bonds is 1. The third-order valence-electron chi connectivity index (χ3n) is 1.97. The Labute approximate surface area is 85.4 Å². The number of phenols is 1. The normalized spacial score (nSPS) is 10.9. The molecule has 1 N–H and O–H groups in total. The van der Waals surface area contributed by atoms with Crippen LogP contribution in [0, 0.1) is 6.92 Å². The number of fused-ring (bicyclic) bond motifs is 1. The minimum absolute atomic E-state index is 0.394. The molecule has 0 saturated heterocycles. The molecule has 0 atom stereocenters. The van der Waals surface area contributed by atoms with E-state index in [1.807, 2.05) is 6.07 Å². The van der Waals surface area contributed by atoms with Crippen molar-refractivity contribution in [2.75, 3.05) is 6.26 Å². The molecule has 2 aromatic rings. The molecule has 13 heavy (non-hydrogen) atoms. The molecule has 0 aliphatic rings. The summed E-state index contributed by atoms with van der Waals surface area (Å²) in [7, 11) is 0. The summed E-state index contributed by atoms with van der Waals surface area (Å²) in [5.41, 5.74) is 0. The summed E-state index contributed by atoms with van der Waals surface area (Å²) >= 11 is 3.36.